The van der Waals surface area contributed by atoms with Crippen molar-refractivity contribution >= 4 is 0 Å². The maximum Gasteiger partial charge on any atom is 0.119 e. The summed E-state index contributed by atoms with van der Waals surface area (Å²) in [4.78, 5) is 0. The molecule has 1 fully saturated rings. The number of rotatable bonds is 2. The Morgan fingerprint density at radius 1 is 1.16 bits per heavy atom. The van der Waals surface area contributed by atoms with E-state index in [4.69, 9.17) is 10.5 Å². The van der Waals surface area contributed by atoms with E-state index in [1.807, 2.05) is 6.07 Å². The molecule has 0 aliphatic heterocycles. The van der Waals surface area contributed by atoms with Crippen LogP contribution in [0.5, 0.6) is 5.75 Å². The minimum Gasteiger partial charge on any atom is -0.497 e. The van der Waals surface area contributed by atoms with Crippen molar-refractivity contribution in [1.29, 1.82) is 0 Å². The van der Waals surface area contributed by atoms with Gasteiger partial charge in [-0.15, -0.1) is 0 Å². The molecule has 0 radical (unpaired) electrons. The van der Waals surface area contributed by atoms with Gasteiger partial charge in [0.25, 0.3) is 0 Å². The average molecular weight is 255 g/mol. The lowest BCUT2D eigenvalue weighted by Crippen LogP contribution is -2.37. The first-order chi connectivity index (χ1) is 9.28. The third-order valence-electron chi connectivity index (χ3n) is 4.42. The van der Waals surface area contributed by atoms with E-state index in [9.17, 15) is 0 Å². The molecular formula is C17H21NO. The first-order valence-corrected chi connectivity index (χ1v) is 7.02. The predicted octanol–water partition coefficient (Wildman–Crippen LogP) is 3.26. The lowest BCUT2D eigenvalue weighted by molar-refractivity contribution is 0.261. The van der Waals surface area contributed by atoms with Crippen LogP contribution in [0, 0.1) is 11.8 Å². The van der Waals surface area contributed by atoms with Gasteiger partial charge in [-0.2, -0.15) is 0 Å². The first kappa shape index (κ1) is 12.5. The molecule has 0 amide bonds. The smallest absolute Gasteiger partial charge is 0.119 e. The van der Waals surface area contributed by atoms with Crippen LogP contribution in [0.4, 0.5) is 0 Å². The summed E-state index contributed by atoms with van der Waals surface area (Å²) in [5.74, 6) is 2.61. The molecule has 0 heterocycles. The number of benzene rings is 1. The molecule has 4 atom stereocenters. The maximum absolute atomic E-state index is 6.25. The zero-order chi connectivity index (χ0) is 13.2. The Morgan fingerprint density at radius 3 is 2.84 bits per heavy atom. The van der Waals surface area contributed by atoms with Crippen molar-refractivity contribution in [2.45, 2.75) is 24.8 Å². The van der Waals surface area contributed by atoms with Crippen molar-refractivity contribution in [3.63, 3.8) is 0 Å². The van der Waals surface area contributed by atoms with Gasteiger partial charge in [-0.3, -0.25) is 0 Å². The molecule has 3 rings (SSSR count). The van der Waals surface area contributed by atoms with Gasteiger partial charge in [-0.25, -0.2) is 0 Å². The van der Waals surface area contributed by atoms with E-state index in [-0.39, 0.29) is 0 Å². The van der Waals surface area contributed by atoms with Crippen LogP contribution in [-0.2, 0) is 0 Å². The molecule has 2 heteroatoms. The van der Waals surface area contributed by atoms with E-state index in [0.717, 1.165) is 18.6 Å². The molecule has 0 aromatic heterocycles. The first-order valence-electron chi connectivity index (χ1n) is 7.02. The summed E-state index contributed by atoms with van der Waals surface area (Å²) in [6.07, 6.45) is 11.2. The van der Waals surface area contributed by atoms with Gasteiger partial charge in [-0.05, 0) is 48.3 Å². The quantitative estimate of drug-likeness (QED) is 0.880. The van der Waals surface area contributed by atoms with E-state index >= 15 is 0 Å². The number of ether oxygens (including phenoxy) is 1. The molecule has 100 valence electrons. The third-order valence-corrected chi connectivity index (χ3v) is 4.42. The molecular weight excluding hydrogens is 234 g/mol. The molecule has 2 nitrogen and oxygen atoms in total. The van der Waals surface area contributed by atoms with Gasteiger partial charge >= 0.3 is 0 Å². The highest BCUT2D eigenvalue weighted by atomic mass is 16.5. The summed E-state index contributed by atoms with van der Waals surface area (Å²) in [7, 11) is 1.72. The van der Waals surface area contributed by atoms with Gasteiger partial charge < -0.3 is 10.5 Å². The van der Waals surface area contributed by atoms with Crippen LogP contribution in [0.25, 0.3) is 0 Å². The molecule has 1 aromatic rings. The Labute approximate surface area is 115 Å². The van der Waals surface area contributed by atoms with E-state index in [0.29, 0.717) is 23.8 Å². The highest BCUT2D eigenvalue weighted by Gasteiger charge is 2.35. The lowest BCUT2D eigenvalue weighted by Gasteiger charge is -2.39. The Bertz CT molecular complexity index is 506. The summed E-state index contributed by atoms with van der Waals surface area (Å²) in [5, 5.41) is 0. The summed E-state index contributed by atoms with van der Waals surface area (Å²) >= 11 is 0. The highest BCUT2D eigenvalue weighted by molar-refractivity contribution is 5.34. The number of hydrogen-bond donors (Lipinski definition) is 1. The molecule has 1 aromatic carbocycles. The number of allylic oxidation sites excluding steroid dienone is 4. The average Bonchev–Trinajstić information content (AvgIpc) is 2.46. The number of hydrogen-bond acceptors (Lipinski definition) is 2. The van der Waals surface area contributed by atoms with Crippen molar-refractivity contribution in [3.05, 3.63) is 54.1 Å². The number of fused-ring (bicyclic) bond motifs is 1. The van der Waals surface area contributed by atoms with Crippen LogP contribution >= 0.6 is 0 Å². The maximum atomic E-state index is 6.25. The summed E-state index contributed by atoms with van der Waals surface area (Å²) in [6.45, 7) is 0. The molecule has 0 bridgehead atoms. The molecule has 2 N–H and O–H groups in total. The second-order valence-electron chi connectivity index (χ2n) is 5.63. The van der Waals surface area contributed by atoms with Crippen molar-refractivity contribution in [2.75, 3.05) is 7.11 Å². The predicted molar refractivity (Wildman–Crippen MR) is 78.2 cm³/mol. The molecule has 1 saturated carbocycles. The van der Waals surface area contributed by atoms with Crippen molar-refractivity contribution < 1.29 is 4.74 Å². The van der Waals surface area contributed by atoms with Crippen molar-refractivity contribution in [3.8, 4) is 5.75 Å². The van der Waals surface area contributed by atoms with Gasteiger partial charge in [-0.1, -0.05) is 36.4 Å². The monoisotopic (exact) mass is 255 g/mol. The Morgan fingerprint density at radius 2 is 2.00 bits per heavy atom. The van der Waals surface area contributed by atoms with Gasteiger partial charge in [0.05, 0.1) is 7.11 Å². The van der Waals surface area contributed by atoms with Gasteiger partial charge in [0.2, 0.25) is 0 Å². The van der Waals surface area contributed by atoms with Crippen molar-refractivity contribution in [1.82, 2.24) is 0 Å². The fourth-order valence-electron chi connectivity index (χ4n) is 3.50. The van der Waals surface area contributed by atoms with Gasteiger partial charge in [0, 0.05) is 6.04 Å². The molecule has 2 aliphatic carbocycles. The minimum atomic E-state index is 0.300. The molecule has 19 heavy (non-hydrogen) atoms. The highest BCUT2D eigenvalue weighted by Crippen LogP contribution is 2.44. The second kappa shape index (κ2) is 5.22. The molecule has 0 spiro atoms. The molecule has 0 saturated heterocycles. The lowest BCUT2D eigenvalue weighted by atomic mass is 9.66. The van der Waals surface area contributed by atoms with Crippen molar-refractivity contribution in [2.24, 2.45) is 17.6 Å². The summed E-state index contributed by atoms with van der Waals surface area (Å²) < 4.78 is 5.35. The van der Waals surface area contributed by atoms with E-state index in [2.05, 4.69) is 42.5 Å². The van der Waals surface area contributed by atoms with Crippen LogP contribution in [-0.4, -0.2) is 13.2 Å². The Hall–Kier alpha value is -1.54. The minimum absolute atomic E-state index is 0.300. The third kappa shape index (κ3) is 2.45. The van der Waals surface area contributed by atoms with Crippen LogP contribution < -0.4 is 10.5 Å². The fraction of sp³-hybridized carbons (Fsp3) is 0.412. The number of nitrogens with two attached hydrogens (primary N) is 1. The van der Waals surface area contributed by atoms with Crippen LogP contribution in [0.2, 0.25) is 0 Å². The zero-order valence-corrected chi connectivity index (χ0v) is 11.3. The fourth-order valence-corrected chi connectivity index (χ4v) is 3.50. The van der Waals surface area contributed by atoms with E-state index in [1.165, 1.54) is 5.56 Å². The Balaban J connectivity index is 1.92. The van der Waals surface area contributed by atoms with Crippen LogP contribution in [0.1, 0.15) is 24.3 Å². The molecule has 2 aliphatic rings. The topological polar surface area (TPSA) is 35.2 Å². The normalized spacial score (nSPS) is 32.9. The number of methoxy groups -OCH3 is 1. The summed E-state index contributed by atoms with van der Waals surface area (Å²) in [6, 6.07) is 8.74. The van der Waals surface area contributed by atoms with Crippen LogP contribution in [0.3, 0.4) is 0 Å². The van der Waals surface area contributed by atoms with Gasteiger partial charge in [0.15, 0.2) is 0 Å². The second-order valence-corrected chi connectivity index (χ2v) is 5.63. The Kier molecular flexibility index (Phi) is 3.43. The standard InChI is InChI=1S/C17H21NO/c1-19-15-7-4-6-13(10-15)17-11-14(18)9-12-5-2-3-8-16(12)17/h2-8,10,12,14,16-17H,9,11,18H2,1H3. The SMILES string of the molecule is COc1cccc(C2CC(N)CC3C=CC=CC32)c1. The van der Waals surface area contributed by atoms with Crippen LogP contribution in [0.15, 0.2) is 48.6 Å². The molecule has 4 unspecified atom stereocenters. The van der Waals surface area contributed by atoms with E-state index < -0.39 is 0 Å². The largest absolute Gasteiger partial charge is 0.497 e. The summed E-state index contributed by atoms with van der Waals surface area (Å²) in [5.41, 5.74) is 7.60. The van der Waals surface area contributed by atoms with Gasteiger partial charge in [0.1, 0.15) is 5.75 Å². The zero-order valence-electron chi connectivity index (χ0n) is 11.3. The van der Waals surface area contributed by atoms with E-state index in [1.54, 1.807) is 7.11 Å².